The average molecular weight is 295 g/mol. The van der Waals surface area contributed by atoms with Crippen molar-refractivity contribution in [3.8, 4) is 0 Å². The molecule has 0 amide bonds. The Morgan fingerprint density at radius 3 is 2.55 bits per heavy atom. The van der Waals surface area contributed by atoms with E-state index in [4.69, 9.17) is 0 Å². The van der Waals surface area contributed by atoms with E-state index in [2.05, 4.69) is 73.9 Å². The Balaban J connectivity index is 2.21. The monoisotopic (exact) mass is 295 g/mol. The molecule has 1 unspecified atom stereocenters. The van der Waals surface area contributed by atoms with Crippen LogP contribution in [0.15, 0.2) is 66.8 Å². The molecule has 22 heavy (non-hydrogen) atoms. The van der Waals surface area contributed by atoms with E-state index in [1.54, 1.807) is 0 Å². The zero-order chi connectivity index (χ0) is 15.8. The van der Waals surface area contributed by atoms with Crippen LogP contribution in [0.4, 0.5) is 0 Å². The van der Waals surface area contributed by atoms with Gasteiger partial charge in [0, 0.05) is 12.5 Å². The molecule has 0 aliphatic carbocycles. The van der Waals surface area contributed by atoms with Crippen LogP contribution in [0.3, 0.4) is 0 Å². The largest absolute Gasteiger partial charge is 0.302 e. The van der Waals surface area contributed by atoms with Crippen LogP contribution < -0.4 is 0 Å². The molecule has 1 aliphatic heterocycles. The molecule has 0 bridgehead atoms. The standard InChI is InChI=1S/C21H29N/c1-4-9-19(10-5-2)21(20-11-7-6-8-12-20)17-22-15-13-18(3)14-16-22/h4-12,18,21H,1,13-17H2,2-3H3/b10-5-,19-9+. The lowest BCUT2D eigenvalue weighted by Crippen LogP contribution is -2.36. The van der Waals surface area contributed by atoms with Crippen LogP contribution in [0, 0.1) is 5.92 Å². The lowest BCUT2D eigenvalue weighted by Gasteiger charge is -2.33. The third kappa shape index (κ3) is 4.71. The van der Waals surface area contributed by atoms with Crippen molar-refractivity contribution in [2.45, 2.75) is 32.6 Å². The molecular weight excluding hydrogens is 266 g/mol. The third-order valence-electron chi connectivity index (χ3n) is 4.59. The lowest BCUT2D eigenvalue weighted by molar-refractivity contribution is 0.187. The molecule has 1 heteroatoms. The number of piperidine rings is 1. The van der Waals surface area contributed by atoms with Crippen molar-refractivity contribution in [3.05, 3.63) is 72.4 Å². The van der Waals surface area contributed by atoms with Gasteiger partial charge in [0.1, 0.15) is 0 Å². The van der Waals surface area contributed by atoms with Gasteiger partial charge < -0.3 is 4.90 Å². The van der Waals surface area contributed by atoms with Gasteiger partial charge in [-0.2, -0.15) is 0 Å². The van der Waals surface area contributed by atoms with Crippen molar-refractivity contribution in [1.82, 2.24) is 4.90 Å². The molecule has 1 aliphatic rings. The van der Waals surface area contributed by atoms with Gasteiger partial charge in [0.2, 0.25) is 0 Å². The van der Waals surface area contributed by atoms with E-state index in [-0.39, 0.29) is 0 Å². The fraction of sp³-hybridized carbons (Fsp3) is 0.429. The quantitative estimate of drug-likeness (QED) is 0.653. The minimum atomic E-state index is 0.420. The van der Waals surface area contributed by atoms with E-state index >= 15 is 0 Å². The predicted octanol–water partition coefficient (Wildman–Crippen LogP) is 5.19. The summed E-state index contributed by atoms with van der Waals surface area (Å²) in [5.41, 5.74) is 2.75. The SMILES string of the molecule is C=C/C=C(\C=C/C)C(CN1CCC(C)CC1)c1ccccc1. The molecule has 1 saturated heterocycles. The summed E-state index contributed by atoms with van der Waals surface area (Å²) in [5, 5.41) is 0. The Morgan fingerprint density at radius 1 is 1.27 bits per heavy atom. The first-order chi connectivity index (χ1) is 10.7. The molecule has 0 radical (unpaired) electrons. The molecule has 1 fully saturated rings. The van der Waals surface area contributed by atoms with E-state index in [1.165, 1.54) is 37.1 Å². The molecule has 0 N–H and O–H groups in total. The second kappa shape index (κ2) is 8.75. The Labute approximate surface area is 136 Å². The summed E-state index contributed by atoms with van der Waals surface area (Å²) in [6.07, 6.45) is 11.1. The maximum absolute atomic E-state index is 3.89. The summed E-state index contributed by atoms with van der Waals surface area (Å²) in [4.78, 5) is 2.62. The van der Waals surface area contributed by atoms with Gasteiger partial charge in [0.05, 0.1) is 0 Å². The smallest absolute Gasteiger partial charge is 0.0217 e. The number of likely N-dealkylation sites (tertiary alicyclic amines) is 1. The second-order valence-corrected chi connectivity index (χ2v) is 6.35. The molecule has 1 aromatic carbocycles. The number of allylic oxidation sites excluding steroid dienone is 4. The number of benzene rings is 1. The van der Waals surface area contributed by atoms with Crippen LogP contribution in [-0.4, -0.2) is 24.5 Å². The highest BCUT2D eigenvalue weighted by molar-refractivity contribution is 5.37. The van der Waals surface area contributed by atoms with E-state index in [0.717, 1.165) is 12.5 Å². The highest BCUT2D eigenvalue weighted by atomic mass is 15.1. The van der Waals surface area contributed by atoms with E-state index < -0.39 is 0 Å². The lowest BCUT2D eigenvalue weighted by atomic mass is 9.88. The Kier molecular flexibility index (Phi) is 6.67. The molecule has 1 aromatic rings. The highest BCUT2D eigenvalue weighted by Crippen LogP contribution is 2.28. The maximum atomic E-state index is 3.89. The van der Waals surface area contributed by atoms with E-state index in [1.807, 2.05) is 6.08 Å². The minimum absolute atomic E-state index is 0.420. The van der Waals surface area contributed by atoms with Crippen molar-refractivity contribution >= 4 is 0 Å². The van der Waals surface area contributed by atoms with Gasteiger partial charge in [-0.05, 0) is 49.9 Å². The minimum Gasteiger partial charge on any atom is -0.302 e. The first-order valence-corrected chi connectivity index (χ1v) is 8.47. The van der Waals surface area contributed by atoms with Gasteiger partial charge in [-0.15, -0.1) is 0 Å². The van der Waals surface area contributed by atoms with Crippen molar-refractivity contribution in [2.75, 3.05) is 19.6 Å². The second-order valence-electron chi connectivity index (χ2n) is 6.35. The molecule has 1 atom stereocenters. The Hall–Kier alpha value is -1.60. The molecular formula is C21H29N. The number of hydrogen-bond acceptors (Lipinski definition) is 1. The topological polar surface area (TPSA) is 3.24 Å². The van der Waals surface area contributed by atoms with Gasteiger partial charge in [-0.3, -0.25) is 0 Å². The van der Waals surface area contributed by atoms with Gasteiger partial charge >= 0.3 is 0 Å². The van der Waals surface area contributed by atoms with Crippen molar-refractivity contribution < 1.29 is 0 Å². The van der Waals surface area contributed by atoms with Crippen molar-refractivity contribution in [2.24, 2.45) is 5.92 Å². The molecule has 1 heterocycles. The van der Waals surface area contributed by atoms with Crippen molar-refractivity contribution in [3.63, 3.8) is 0 Å². The zero-order valence-electron chi connectivity index (χ0n) is 14.0. The van der Waals surface area contributed by atoms with Crippen LogP contribution in [0.5, 0.6) is 0 Å². The first kappa shape index (κ1) is 16.8. The number of hydrogen-bond donors (Lipinski definition) is 0. The number of nitrogens with zero attached hydrogens (tertiary/aromatic N) is 1. The van der Waals surface area contributed by atoms with Crippen molar-refractivity contribution in [1.29, 1.82) is 0 Å². The summed E-state index contributed by atoms with van der Waals surface area (Å²) in [7, 11) is 0. The van der Waals surface area contributed by atoms with Crippen LogP contribution in [0.2, 0.25) is 0 Å². The van der Waals surface area contributed by atoms with Gasteiger partial charge in [-0.25, -0.2) is 0 Å². The maximum Gasteiger partial charge on any atom is 0.0217 e. The summed E-state index contributed by atoms with van der Waals surface area (Å²) in [6, 6.07) is 10.9. The van der Waals surface area contributed by atoms with E-state index in [9.17, 15) is 0 Å². The number of rotatable bonds is 6. The van der Waals surface area contributed by atoms with Gasteiger partial charge in [0.15, 0.2) is 0 Å². The summed E-state index contributed by atoms with van der Waals surface area (Å²) < 4.78 is 0. The molecule has 0 spiro atoms. The predicted molar refractivity (Wildman–Crippen MR) is 97.1 cm³/mol. The fourth-order valence-corrected chi connectivity index (χ4v) is 3.21. The normalized spacial score (nSPS) is 19.5. The molecule has 2 rings (SSSR count). The molecule has 1 nitrogen and oxygen atoms in total. The molecule has 0 saturated carbocycles. The highest BCUT2D eigenvalue weighted by Gasteiger charge is 2.22. The van der Waals surface area contributed by atoms with Crippen LogP contribution in [0.25, 0.3) is 0 Å². The Bertz CT molecular complexity index is 504. The zero-order valence-corrected chi connectivity index (χ0v) is 14.0. The van der Waals surface area contributed by atoms with Crippen LogP contribution >= 0.6 is 0 Å². The summed E-state index contributed by atoms with van der Waals surface area (Å²) in [5.74, 6) is 1.30. The average Bonchev–Trinajstić information content (AvgIpc) is 2.55. The summed E-state index contributed by atoms with van der Waals surface area (Å²) >= 11 is 0. The van der Waals surface area contributed by atoms with E-state index in [0.29, 0.717) is 5.92 Å². The van der Waals surface area contributed by atoms with Crippen LogP contribution in [-0.2, 0) is 0 Å². The Morgan fingerprint density at radius 2 is 1.95 bits per heavy atom. The molecule has 0 aromatic heterocycles. The first-order valence-electron chi connectivity index (χ1n) is 8.47. The fourth-order valence-electron chi connectivity index (χ4n) is 3.21. The van der Waals surface area contributed by atoms with Gasteiger partial charge in [0.25, 0.3) is 0 Å². The van der Waals surface area contributed by atoms with Gasteiger partial charge in [-0.1, -0.05) is 68.1 Å². The summed E-state index contributed by atoms with van der Waals surface area (Å²) in [6.45, 7) is 11.9. The van der Waals surface area contributed by atoms with Crippen LogP contribution in [0.1, 0.15) is 38.2 Å². The third-order valence-corrected chi connectivity index (χ3v) is 4.59. The molecule has 118 valence electrons.